The van der Waals surface area contributed by atoms with E-state index in [9.17, 15) is 36.7 Å². The first-order valence-corrected chi connectivity index (χ1v) is 7.87. The Hall–Kier alpha value is -3.28. The van der Waals surface area contributed by atoms with Gasteiger partial charge in [0, 0.05) is 24.9 Å². The van der Waals surface area contributed by atoms with Gasteiger partial charge in [0.25, 0.3) is 5.56 Å². The smallest absolute Gasteiger partial charge is 0.431 e. The number of halogens is 5. The summed E-state index contributed by atoms with van der Waals surface area (Å²) in [5.74, 6) is -2.79. The number of rotatable bonds is 5. The number of hydrogen-bond donors (Lipinski definition) is 1. The van der Waals surface area contributed by atoms with Crippen molar-refractivity contribution in [1.82, 2.24) is 9.13 Å². The minimum Gasteiger partial charge on any atom is -0.479 e. The zero-order valence-electron chi connectivity index (χ0n) is 14.3. The van der Waals surface area contributed by atoms with Gasteiger partial charge >= 0.3 is 17.8 Å². The third kappa shape index (κ3) is 4.42. The summed E-state index contributed by atoms with van der Waals surface area (Å²) in [6.07, 6.45) is -4.20. The number of aliphatic imine (C=N–C) groups is 1. The van der Waals surface area contributed by atoms with Gasteiger partial charge in [-0.1, -0.05) is 11.6 Å². The van der Waals surface area contributed by atoms with Crippen LogP contribution in [0.4, 0.5) is 17.6 Å². The SMILES string of the molecule is Cn1c(C(F)(F)F)cc(=O)n(-c2cc(C=NC(C=O)C(=O)O)c(Cl)cc2F)c1=O. The maximum atomic E-state index is 14.3. The highest BCUT2D eigenvalue weighted by Gasteiger charge is 2.35. The molecule has 1 unspecified atom stereocenters. The van der Waals surface area contributed by atoms with E-state index < -0.39 is 46.6 Å². The number of carboxylic acids is 1. The molecule has 29 heavy (non-hydrogen) atoms. The quantitative estimate of drug-likeness (QED) is 0.330. The number of aldehydes is 1. The first-order chi connectivity index (χ1) is 13.4. The molecule has 0 bridgehead atoms. The molecule has 1 heterocycles. The van der Waals surface area contributed by atoms with Gasteiger partial charge in [-0.05, 0) is 12.1 Å². The van der Waals surface area contributed by atoms with Crippen molar-refractivity contribution < 1.29 is 32.3 Å². The highest BCUT2D eigenvalue weighted by molar-refractivity contribution is 6.33. The summed E-state index contributed by atoms with van der Waals surface area (Å²) in [4.78, 5) is 49.3. The van der Waals surface area contributed by atoms with Gasteiger partial charge in [0.15, 0.2) is 6.29 Å². The molecular weight excluding hydrogens is 426 g/mol. The third-order valence-corrected chi connectivity index (χ3v) is 4.00. The van der Waals surface area contributed by atoms with Crippen LogP contribution < -0.4 is 11.2 Å². The fourth-order valence-electron chi connectivity index (χ4n) is 2.26. The molecule has 1 N–H and O–H groups in total. The monoisotopic (exact) mass is 435 g/mol. The minimum atomic E-state index is -5.00. The van der Waals surface area contributed by atoms with Crippen LogP contribution in [-0.4, -0.2) is 38.8 Å². The van der Waals surface area contributed by atoms with Crippen molar-refractivity contribution >= 4 is 30.1 Å². The number of nitrogens with zero attached hydrogens (tertiary/aromatic N) is 3. The Morgan fingerprint density at radius 3 is 2.41 bits per heavy atom. The number of alkyl halides is 3. The molecule has 0 fully saturated rings. The topological polar surface area (TPSA) is 111 Å². The zero-order valence-corrected chi connectivity index (χ0v) is 15.0. The van der Waals surface area contributed by atoms with Gasteiger partial charge in [0.05, 0.1) is 10.7 Å². The van der Waals surface area contributed by atoms with Crippen LogP contribution in [0.25, 0.3) is 5.69 Å². The minimum absolute atomic E-state index is 0.00722. The number of carbonyl (C=O) groups excluding carboxylic acids is 1. The van der Waals surface area contributed by atoms with Gasteiger partial charge in [0.2, 0.25) is 6.04 Å². The summed E-state index contributed by atoms with van der Waals surface area (Å²) in [6.45, 7) is 0. The highest BCUT2D eigenvalue weighted by atomic mass is 35.5. The Morgan fingerprint density at radius 2 is 1.90 bits per heavy atom. The van der Waals surface area contributed by atoms with Crippen molar-refractivity contribution in [2.45, 2.75) is 12.2 Å². The fourth-order valence-corrected chi connectivity index (χ4v) is 2.46. The van der Waals surface area contributed by atoms with Crippen molar-refractivity contribution in [2.75, 3.05) is 0 Å². The Balaban J connectivity index is 2.71. The summed E-state index contributed by atoms with van der Waals surface area (Å²) < 4.78 is 53.4. The lowest BCUT2D eigenvalue weighted by atomic mass is 10.2. The van der Waals surface area contributed by atoms with Crippen LogP contribution in [0.15, 0.2) is 32.8 Å². The van der Waals surface area contributed by atoms with Gasteiger partial charge in [-0.3, -0.25) is 14.4 Å². The molecule has 0 spiro atoms. The molecule has 1 atom stereocenters. The Bertz CT molecular complexity index is 1140. The van der Waals surface area contributed by atoms with Crippen LogP contribution in [0.1, 0.15) is 11.3 Å². The summed E-state index contributed by atoms with van der Waals surface area (Å²) in [5, 5.41) is 8.46. The molecule has 0 aliphatic heterocycles. The predicted molar refractivity (Wildman–Crippen MR) is 92.3 cm³/mol. The molecule has 154 valence electrons. The average molecular weight is 436 g/mol. The van der Waals surface area contributed by atoms with Crippen LogP contribution in [0.5, 0.6) is 0 Å². The molecule has 8 nitrogen and oxygen atoms in total. The van der Waals surface area contributed by atoms with E-state index >= 15 is 0 Å². The molecule has 0 aliphatic rings. The lowest BCUT2D eigenvalue weighted by Gasteiger charge is -2.14. The van der Waals surface area contributed by atoms with E-state index in [0.717, 1.165) is 19.3 Å². The average Bonchev–Trinajstić information content (AvgIpc) is 2.60. The van der Waals surface area contributed by atoms with E-state index in [1.807, 2.05) is 0 Å². The second kappa shape index (κ2) is 7.99. The molecule has 0 amide bonds. The Labute approximate surface area is 163 Å². The summed E-state index contributed by atoms with van der Waals surface area (Å²) in [6, 6.07) is -0.212. The second-order valence-electron chi connectivity index (χ2n) is 5.57. The van der Waals surface area contributed by atoms with Crippen molar-refractivity contribution in [3.63, 3.8) is 0 Å². The van der Waals surface area contributed by atoms with E-state index in [4.69, 9.17) is 16.7 Å². The normalized spacial score (nSPS) is 12.9. The molecular formula is C16H10ClF4N3O5. The lowest BCUT2D eigenvalue weighted by molar-refractivity contribution is -0.144. The summed E-state index contributed by atoms with van der Waals surface area (Å²) in [5.41, 5.74) is -5.40. The Morgan fingerprint density at radius 1 is 1.28 bits per heavy atom. The number of carboxylic acid groups (broad SMARTS) is 1. The van der Waals surface area contributed by atoms with E-state index in [1.165, 1.54) is 0 Å². The van der Waals surface area contributed by atoms with Gasteiger partial charge < -0.3 is 9.90 Å². The Kier molecular flexibility index (Phi) is 6.07. The van der Waals surface area contributed by atoms with Crippen LogP contribution >= 0.6 is 11.6 Å². The molecule has 2 rings (SSSR count). The van der Waals surface area contributed by atoms with E-state index in [0.29, 0.717) is 6.07 Å². The molecule has 0 aliphatic carbocycles. The number of aromatic nitrogens is 2. The molecule has 0 radical (unpaired) electrons. The number of carbonyl (C=O) groups is 2. The number of hydrogen-bond acceptors (Lipinski definition) is 5. The molecule has 2 aromatic rings. The van der Waals surface area contributed by atoms with Crippen molar-refractivity contribution in [1.29, 1.82) is 0 Å². The largest absolute Gasteiger partial charge is 0.479 e. The van der Waals surface area contributed by atoms with Crippen molar-refractivity contribution in [3.05, 3.63) is 61.1 Å². The van der Waals surface area contributed by atoms with E-state index in [2.05, 4.69) is 4.99 Å². The van der Waals surface area contributed by atoms with Crippen LogP contribution in [0.3, 0.4) is 0 Å². The standard InChI is InChI=1S/C16H10ClF4N3O5/c1-23-12(16(19,20)21)4-13(26)24(15(23)29)11-2-7(8(17)3-9(11)18)5-22-10(6-25)14(27)28/h2-6,10H,1H3,(H,27,28). The second-order valence-corrected chi connectivity index (χ2v) is 5.97. The van der Waals surface area contributed by atoms with Gasteiger partial charge in [-0.25, -0.2) is 18.5 Å². The lowest BCUT2D eigenvalue weighted by Crippen LogP contribution is -2.41. The number of aliphatic carboxylic acids is 1. The summed E-state index contributed by atoms with van der Waals surface area (Å²) >= 11 is 5.80. The molecule has 0 saturated carbocycles. The molecule has 1 aromatic heterocycles. The first-order valence-electron chi connectivity index (χ1n) is 7.49. The van der Waals surface area contributed by atoms with Crippen LogP contribution in [0, 0.1) is 5.82 Å². The van der Waals surface area contributed by atoms with Gasteiger partial charge in [-0.15, -0.1) is 0 Å². The summed E-state index contributed by atoms with van der Waals surface area (Å²) in [7, 11) is 0.749. The van der Waals surface area contributed by atoms with E-state index in [-0.39, 0.29) is 32.1 Å². The van der Waals surface area contributed by atoms with Crippen LogP contribution in [-0.2, 0) is 22.8 Å². The first kappa shape index (κ1) is 22.0. The van der Waals surface area contributed by atoms with Crippen LogP contribution in [0.2, 0.25) is 5.02 Å². The maximum Gasteiger partial charge on any atom is 0.431 e. The van der Waals surface area contributed by atoms with E-state index in [1.54, 1.807) is 0 Å². The molecule has 1 aromatic carbocycles. The fraction of sp³-hybridized carbons (Fsp3) is 0.188. The number of benzene rings is 1. The highest BCUT2D eigenvalue weighted by Crippen LogP contribution is 2.27. The zero-order chi connectivity index (χ0) is 22.1. The predicted octanol–water partition coefficient (Wildman–Crippen LogP) is 1.42. The van der Waals surface area contributed by atoms with Crippen molar-refractivity contribution in [2.24, 2.45) is 12.0 Å². The van der Waals surface area contributed by atoms with Crippen molar-refractivity contribution in [3.8, 4) is 5.69 Å². The third-order valence-electron chi connectivity index (χ3n) is 3.67. The van der Waals surface area contributed by atoms with Gasteiger partial charge in [-0.2, -0.15) is 13.2 Å². The van der Waals surface area contributed by atoms with Gasteiger partial charge in [0.1, 0.15) is 11.5 Å². The maximum absolute atomic E-state index is 14.3. The molecule has 0 saturated heterocycles. The molecule has 13 heteroatoms.